The lowest BCUT2D eigenvalue weighted by Gasteiger charge is -2.47. The van der Waals surface area contributed by atoms with E-state index in [4.69, 9.17) is 4.74 Å². The van der Waals surface area contributed by atoms with E-state index in [2.05, 4.69) is 35.3 Å². The van der Waals surface area contributed by atoms with Crippen molar-refractivity contribution in [2.24, 2.45) is 5.41 Å². The van der Waals surface area contributed by atoms with Crippen LogP contribution in [0.15, 0.2) is 30.0 Å². The Labute approximate surface area is 186 Å². The number of hydrogen-bond donors (Lipinski definition) is 1. The lowest BCUT2D eigenvalue weighted by atomic mass is 9.71. The first-order valence-corrected chi connectivity index (χ1v) is 11.1. The van der Waals surface area contributed by atoms with Gasteiger partial charge in [-0.25, -0.2) is 9.78 Å². The molecule has 11 heteroatoms. The molecule has 3 aliphatic rings. The fourth-order valence-corrected chi connectivity index (χ4v) is 5.00. The highest BCUT2D eigenvalue weighted by molar-refractivity contribution is 5.90. The fourth-order valence-electron chi connectivity index (χ4n) is 5.00. The minimum Gasteiger partial charge on any atom is -0.456 e. The van der Waals surface area contributed by atoms with Gasteiger partial charge in [0.2, 0.25) is 0 Å². The molecule has 3 aliphatic heterocycles. The molecule has 1 atom stereocenters. The van der Waals surface area contributed by atoms with Gasteiger partial charge >= 0.3 is 5.97 Å². The molecule has 5 heterocycles. The average molecular weight is 441 g/mol. The Hall–Kier alpha value is -2.92. The highest BCUT2D eigenvalue weighted by Gasteiger charge is 2.39. The molecule has 5 rings (SSSR count). The molecule has 2 aromatic rings. The molecule has 32 heavy (non-hydrogen) atoms. The second-order valence-electron chi connectivity index (χ2n) is 9.01. The van der Waals surface area contributed by atoms with Gasteiger partial charge in [0.15, 0.2) is 5.82 Å². The van der Waals surface area contributed by atoms with Gasteiger partial charge in [-0.2, -0.15) is 4.68 Å². The number of ether oxygens (including phenoxy) is 1. The van der Waals surface area contributed by atoms with Gasteiger partial charge in [0, 0.05) is 19.6 Å². The summed E-state index contributed by atoms with van der Waals surface area (Å²) in [5.74, 6) is 0.302. The number of carbonyl (C=O) groups is 1. The summed E-state index contributed by atoms with van der Waals surface area (Å²) >= 11 is 0. The van der Waals surface area contributed by atoms with Crippen LogP contribution >= 0.6 is 0 Å². The van der Waals surface area contributed by atoms with Gasteiger partial charge in [-0.15, -0.1) is 5.10 Å². The SMILES string of the molecule is CC1=C(N2CCC3(CCN(C[C@@H](O)c4cncc(-n5cnnn5)n4)CC3)CC2)COC1=O. The molecule has 0 saturated carbocycles. The highest BCUT2D eigenvalue weighted by atomic mass is 16.5. The van der Waals surface area contributed by atoms with E-state index in [1.54, 1.807) is 12.4 Å². The molecular formula is C21H28N8O3. The van der Waals surface area contributed by atoms with Crippen LogP contribution in [0, 0.1) is 5.41 Å². The summed E-state index contributed by atoms with van der Waals surface area (Å²) in [6.07, 6.45) is 8.40. The number of β-amino-alcohol motifs (C(OH)–C–C–N with tert-alkyl or cyclic N) is 1. The fraction of sp³-hybridized carbons (Fsp3) is 0.619. The molecule has 0 radical (unpaired) electrons. The number of esters is 1. The average Bonchev–Trinajstić information content (AvgIpc) is 3.47. The van der Waals surface area contributed by atoms with Gasteiger partial charge in [0.1, 0.15) is 19.0 Å². The maximum atomic E-state index is 11.7. The van der Waals surface area contributed by atoms with Crippen molar-refractivity contribution in [1.29, 1.82) is 0 Å². The molecule has 0 amide bonds. The van der Waals surface area contributed by atoms with Crippen molar-refractivity contribution in [2.75, 3.05) is 39.3 Å². The maximum Gasteiger partial charge on any atom is 0.335 e. The van der Waals surface area contributed by atoms with Crippen LogP contribution in [0.25, 0.3) is 5.82 Å². The van der Waals surface area contributed by atoms with Crippen molar-refractivity contribution >= 4 is 5.97 Å². The van der Waals surface area contributed by atoms with Gasteiger partial charge in [-0.1, -0.05) is 0 Å². The zero-order valence-electron chi connectivity index (χ0n) is 18.2. The largest absolute Gasteiger partial charge is 0.456 e. The first kappa shape index (κ1) is 21.0. The third kappa shape index (κ3) is 4.09. The number of hydrogen-bond acceptors (Lipinski definition) is 10. The van der Waals surface area contributed by atoms with Gasteiger partial charge in [0.25, 0.3) is 0 Å². The van der Waals surface area contributed by atoms with E-state index in [1.807, 2.05) is 6.92 Å². The van der Waals surface area contributed by atoms with Crippen LogP contribution in [0.5, 0.6) is 0 Å². The summed E-state index contributed by atoms with van der Waals surface area (Å²) in [6, 6.07) is 0. The maximum absolute atomic E-state index is 11.7. The van der Waals surface area contributed by atoms with Gasteiger partial charge in [0.05, 0.1) is 29.4 Å². The predicted octanol–water partition coefficient (Wildman–Crippen LogP) is 0.495. The standard InChI is InChI=1S/C21H28N8O3/c1-15-17(13-32-20(15)31)28-8-4-21(5-9-28)2-6-27(7-3-21)12-18(30)16-10-22-11-19(24-16)29-14-23-25-26-29/h10-11,14,18,30H,2-9,12-13H2,1H3/t18-/m1/s1. The number of aliphatic hydroxyl groups is 1. The van der Waals surface area contributed by atoms with Crippen LogP contribution in [0.3, 0.4) is 0 Å². The Morgan fingerprint density at radius 3 is 2.56 bits per heavy atom. The summed E-state index contributed by atoms with van der Waals surface area (Å²) in [5, 5.41) is 21.8. The van der Waals surface area contributed by atoms with E-state index in [0.29, 0.717) is 30.1 Å². The third-order valence-electron chi connectivity index (χ3n) is 7.20. The first-order chi connectivity index (χ1) is 15.5. The van der Waals surface area contributed by atoms with Gasteiger partial charge in [-0.3, -0.25) is 4.98 Å². The molecule has 0 unspecified atom stereocenters. The van der Waals surface area contributed by atoms with Gasteiger partial charge in [-0.05, 0) is 61.5 Å². The number of nitrogens with zero attached hydrogens (tertiary/aromatic N) is 8. The summed E-state index contributed by atoms with van der Waals surface area (Å²) in [6.45, 7) is 6.68. The number of tetrazole rings is 1. The lowest BCUT2D eigenvalue weighted by molar-refractivity contribution is -0.136. The Kier molecular flexibility index (Phi) is 5.60. The highest BCUT2D eigenvalue weighted by Crippen LogP contribution is 2.42. The van der Waals surface area contributed by atoms with Crippen molar-refractivity contribution < 1.29 is 14.6 Å². The van der Waals surface area contributed by atoms with Crippen LogP contribution in [0.4, 0.5) is 0 Å². The lowest BCUT2D eigenvalue weighted by Crippen LogP contribution is -2.47. The number of carbonyl (C=O) groups excluding carboxylic acids is 1. The summed E-state index contributed by atoms with van der Waals surface area (Å²) in [7, 11) is 0. The van der Waals surface area contributed by atoms with E-state index >= 15 is 0 Å². The molecule has 2 aromatic heterocycles. The van der Waals surface area contributed by atoms with Crippen molar-refractivity contribution in [3.8, 4) is 5.82 Å². The normalized spacial score (nSPS) is 22.4. The molecule has 2 fully saturated rings. The zero-order valence-corrected chi connectivity index (χ0v) is 18.2. The number of aliphatic hydroxyl groups excluding tert-OH is 1. The van der Waals surface area contributed by atoms with Crippen LogP contribution in [-0.4, -0.2) is 90.4 Å². The van der Waals surface area contributed by atoms with Crippen molar-refractivity contribution in [1.82, 2.24) is 40.0 Å². The molecule has 170 valence electrons. The monoisotopic (exact) mass is 440 g/mol. The molecule has 2 saturated heterocycles. The van der Waals surface area contributed by atoms with E-state index in [9.17, 15) is 9.90 Å². The Morgan fingerprint density at radius 2 is 1.91 bits per heavy atom. The minimum absolute atomic E-state index is 0.180. The van der Waals surface area contributed by atoms with E-state index in [1.165, 1.54) is 11.0 Å². The summed E-state index contributed by atoms with van der Waals surface area (Å²) in [4.78, 5) is 25.0. The van der Waals surface area contributed by atoms with Gasteiger partial charge < -0.3 is 19.6 Å². The van der Waals surface area contributed by atoms with Crippen LogP contribution in [0.1, 0.15) is 44.4 Å². The zero-order chi connectivity index (χ0) is 22.1. The molecule has 0 bridgehead atoms. The number of likely N-dealkylation sites (tertiary alicyclic amines) is 2. The Bertz CT molecular complexity index is 990. The number of rotatable bonds is 5. The number of cyclic esters (lactones) is 1. The Balaban J connectivity index is 1.14. The second-order valence-corrected chi connectivity index (χ2v) is 9.01. The molecule has 11 nitrogen and oxygen atoms in total. The van der Waals surface area contributed by atoms with Crippen molar-refractivity contribution in [3.63, 3.8) is 0 Å². The van der Waals surface area contributed by atoms with Crippen LogP contribution in [0.2, 0.25) is 0 Å². The smallest absolute Gasteiger partial charge is 0.335 e. The third-order valence-corrected chi connectivity index (χ3v) is 7.20. The Morgan fingerprint density at radius 1 is 1.16 bits per heavy atom. The molecule has 1 N–H and O–H groups in total. The van der Waals surface area contributed by atoms with E-state index in [0.717, 1.165) is 63.1 Å². The first-order valence-electron chi connectivity index (χ1n) is 11.1. The second kappa shape index (κ2) is 8.55. The topological polar surface area (TPSA) is 122 Å². The molecule has 1 spiro atoms. The molecule has 0 aliphatic carbocycles. The van der Waals surface area contributed by atoms with E-state index < -0.39 is 6.10 Å². The molecule has 0 aromatic carbocycles. The predicted molar refractivity (Wildman–Crippen MR) is 112 cm³/mol. The van der Waals surface area contributed by atoms with Crippen molar-refractivity contribution in [3.05, 3.63) is 35.7 Å². The number of aromatic nitrogens is 6. The van der Waals surface area contributed by atoms with E-state index in [-0.39, 0.29) is 5.97 Å². The molecular weight excluding hydrogens is 412 g/mol. The van der Waals surface area contributed by atoms with Crippen molar-refractivity contribution in [2.45, 2.75) is 38.7 Å². The summed E-state index contributed by atoms with van der Waals surface area (Å²) < 4.78 is 6.60. The summed E-state index contributed by atoms with van der Waals surface area (Å²) in [5.41, 5.74) is 2.70. The quantitative estimate of drug-likeness (QED) is 0.657. The van der Waals surface area contributed by atoms with Crippen LogP contribution in [-0.2, 0) is 9.53 Å². The minimum atomic E-state index is -0.718. The van der Waals surface area contributed by atoms with Crippen LogP contribution < -0.4 is 0 Å². The number of piperidine rings is 2.